The molecule has 6 nitrogen and oxygen atoms in total. The molecule has 1 unspecified atom stereocenters. The van der Waals surface area contributed by atoms with E-state index < -0.39 is 5.97 Å². The molecule has 0 spiro atoms. The van der Waals surface area contributed by atoms with Crippen molar-refractivity contribution in [3.05, 3.63) is 59.7 Å². The third-order valence-electron chi connectivity index (χ3n) is 4.75. The summed E-state index contributed by atoms with van der Waals surface area (Å²) in [5.74, 6) is 0.130. The number of carbonyl (C=O) groups is 2. The molecule has 1 atom stereocenters. The van der Waals surface area contributed by atoms with Gasteiger partial charge in [-0.25, -0.2) is 4.79 Å². The third-order valence-corrected chi connectivity index (χ3v) is 5.97. The molecule has 0 saturated carbocycles. The Morgan fingerprint density at radius 2 is 1.90 bits per heavy atom. The molecule has 0 aliphatic carbocycles. The predicted molar refractivity (Wildman–Crippen MR) is 117 cm³/mol. The number of thioether (sulfide) groups is 1. The molecule has 7 heteroatoms. The van der Waals surface area contributed by atoms with Crippen LogP contribution in [0.25, 0.3) is 0 Å². The number of esters is 1. The summed E-state index contributed by atoms with van der Waals surface area (Å²) in [6.07, 6.45) is 0. The minimum absolute atomic E-state index is 0.143. The molecule has 1 heterocycles. The summed E-state index contributed by atoms with van der Waals surface area (Å²) in [6, 6.07) is 15.5. The van der Waals surface area contributed by atoms with Gasteiger partial charge in [0.15, 0.2) is 0 Å². The Morgan fingerprint density at radius 3 is 2.59 bits per heavy atom. The van der Waals surface area contributed by atoms with E-state index in [0.29, 0.717) is 24.5 Å². The molecule has 29 heavy (non-hydrogen) atoms. The lowest BCUT2D eigenvalue weighted by atomic mass is 10.1. The van der Waals surface area contributed by atoms with E-state index in [1.807, 2.05) is 43.3 Å². The highest BCUT2D eigenvalue weighted by molar-refractivity contribution is 7.99. The molecule has 1 N–H and O–H groups in total. The predicted octanol–water partition coefficient (Wildman–Crippen LogP) is 3.57. The number of rotatable bonds is 7. The van der Waals surface area contributed by atoms with Crippen LogP contribution in [0.4, 0.5) is 11.4 Å². The van der Waals surface area contributed by atoms with Crippen LogP contribution in [-0.2, 0) is 20.0 Å². The van der Waals surface area contributed by atoms with Gasteiger partial charge in [-0.05, 0) is 30.7 Å². The van der Waals surface area contributed by atoms with Gasteiger partial charge in [0.25, 0.3) is 0 Å². The van der Waals surface area contributed by atoms with Crippen LogP contribution in [0, 0.1) is 0 Å². The standard InChI is InChI=1S/C22H26N2O4S/c1-16(29-15-17-6-4-3-5-7-17)21(25)23-20-9-8-18(14-19(20)22(26)27-2)24-10-12-28-13-11-24/h3-9,14,16H,10-13,15H2,1-2H3,(H,23,25). The smallest absolute Gasteiger partial charge is 0.340 e. The molecule has 0 radical (unpaired) electrons. The summed E-state index contributed by atoms with van der Waals surface area (Å²) >= 11 is 1.55. The highest BCUT2D eigenvalue weighted by atomic mass is 32.2. The summed E-state index contributed by atoms with van der Waals surface area (Å²) in [4.78, 5) is 27.1. The van der Waals surface area contributed by atoms with E-state index in [-0.39, 0.29) is 11.2 Å². The second-order valence-corrected chi connectivity index (χ2v) is 8.08. The highest BCUT2D eigenvalue weighted by Gasteiger charge is 2.20. The van der Waals surface area contributed by atoms with Gasteiger partial charge in [0.2, 0.25) is 5.91 Å². The Bertz CT molecular complexity index is 838. The van der Waals surface area contributed by atoms with Crippen LogP contribution < -0.4 is 10.2 Å². The number of nitrogens with one attached hydrogen (secondary N) is 1. The van der Waals surface area contributed by atoms with E-state index in [1.165, 1.54) is 12.7 Å². The summed E-state index contributed by atoms with van der Waals surface area (Å²) in [7, 11) is 1.34. The van der Waals surface area contributed by atoms with E-state index in [2.05, 4.69) is 10.2 Å². The molecule has 1 aliphatic heterocycles. The normalized spacial score (nSPS) is 14.9. The molecule has 2 aromatic rings. The van der Waals surface area contributed by atoms with E-state index >= 15 is 0 Å². The SMILES string of the molecule is COC(=O)c1cc(N2CCOCC2)ccc1NC(=O)C(C)SCc1ccccc1. The van der Waals surface area contributed by atoms with Crippen LogP contribution in [0.2, 0.25) is 0 Å². The fraction of sp³-hybridized carbons (Fsp3) is 0.364. The fourth-order valence-corrected chi connectivity index (χ4v) is 3.89. The molecule has 0 aromatic heterocycles. The van der Waals surface area contributed by atoms with Crippen molar-refractivity contribution in [2.75, 3.05) is 43.6 Å². The van der Waals surface area contributed by atoms with Crippen LogP contribution in [0.3, 0.4) is 0 Å². The molecule has 1 aliphatic rings. The largest absolute Gasteiger partial charge is 0.465 e. The van der Waals surface area contributed by atoms with E-state index in [1.54, 1.807) is 23.9 Å². The Morgan fingerprint density at radius 1 is 1.17 bits per heavy atom. The van der Waals surface area contributed by atoms with Gasteiger partial charge in [0, 0.05) is 24.5 Å². The van der Waals surface area contributed by atoms with Gasteiger partial charge in [-0.2, -0.15) is 0 Å². The molecule has 3 rings (SSSR count). The maximum absolute atomic E-state index is 12.7. The van der Waals surface area contributed by atoms with Gasteiger partial charge in [0.1, 0.15) is 0 Å². The number of amides is 1. The first-order chi connectivity index (χ1) is 14.1. The van der Waals surface area contributed by atoms with Crippen molar-refractivity contribution in [3.63, 3.8) is 0 Å². The monoisotopic (exact) mass is 414 g/mol. The van der Waals surface area contributed by atoms with E-state index in [9.17, 15) is 9.59 Å². The number of morpholine rings is 1. The van der Waals surface area contributed by atoms with Crippen molar-refractivity contribution < 1.29 is 19.1 Å². The van der Waals surface area contributed by atoms with Crippen molar-refractivity contribution in [2.24, 2.45) is 0 Å². The first-order valence-electron chi connectivity index (χ1n) is 9.60. The van der Waals surface area contributed by atoms with Crippen LogP contribution in [0.5, 0.6) is 0 Å². The topological polar surface area (TPSA) is 67.9 Å². The van der Waals surface area contributed by atoms with Gasteiger partial charge in [-0.1, -0.05) is 30.3 Å². The zero-order chi connectivity index (χ0) is 20.6. The lowest BCUT2D eigenvalue weighted by Crippen LogP contribution is -2.36. The fourth-order valence-electron chi connectivity index (χ4n) is 3.04. The average molecular weight is 415 g/mol. The van der Waals surface area contributed by atoms with E-state index in [0.717, 1.165) is 24.5 Å². The van der Waals surface area contributed by atoms with Gasteiger partial charge in [0.05, 0.1) is 36.8 Å². The molecule has 1 saturated heterocycles. The van der Waals surface area contributed by atoms with Crippen LogP contribution in [0.15, 0.2) is 48.5 Å². The van der Waals surface area contributed by atoms with Gasteiger partial charge in [-0.3, -0.25) is 4.79 Å². The van der Waals surface area contributed by atoms with Crippen molar-refractivity contribution in [1.82, 2.24) is 0 Å². The van der Waals surface area contributed by atoms with Crippen molar-refractivity contribution in [2.45, 2.75) is 17.9 Å². The van der Waals surface area contributed by atoms with Crippen molar-refractivity contribution >= 4 is 35.0 Å². The molecule has 2 aromatic carbocycles. The molecular weight excluding hydrogens is 388 g/mol. The number of carbonyl (C=O) groups excluding carboxylic acids is 2. The summed E-state index contributed by atoms with van der Waals surface area (Å²) in [5.41, 5.74) is 2.90. The second kappa shape index (κ2) is 10.3. The lowest BCUT2D eigenvalue weighted by molar-refractivity contribution is -0.115. The number of hydrogen-bond donors (Lipinski definition) is 1. The van der Waals surface area contributed by atoms with Crippen LogP contribution in [-0.4, -0.2) is 50.5 Å². The number of benzene rings is 2. The number of ether oxygens (including phenoxy) is 2. The first-order valence-corrected chi connectivity index (χ1v) is 10.6. The molecule has 1 amide bonds. The summed E-state index contributed by atoms with van der Waals surface area (Å²) < 4.78 is 10.3. The first kappa shape index (κ1) is 21.2. The van der Waals surface area contributed by atoms with E-state index in [4.69, 9.17) is 9.47 Å². The van der Waals surface area contributed by atoms with Crippen LogP contribution >= 0.6 is 11.8 Å². The van der Waals surface area contributed by atoms with Crippen LogP contribution in [0.1, 0.15) is 22.8 Å². The number of hydrogen-bond acceptors (Lipinski definition) is 6. The zero-order valence-corrected chi connectivity index (χ0v) is 17.5. The number of nitrogens with zero attached hydrogens (tertiary/aromatic N) is 1. The molecular formula is C22H26N2O4S. The third kappa shape index (κ3) is 5.74. The average Bonchev–Trinajstić information content (AvgIpc) is 2.78. The van der Waals surface area contributed by atoms with Crippen molar-refractivity contribution in [3.8, 4) is 0 Å². The number of anilines is 2. The quantitative estimate of drug-likeness (QED) is 0.699. The zero-order valence-electron chi connectivity index (χ0n) is 16.7. The Balaban J connectivity index is 1.69. The molecule has 1 fully saturated rings. The Kier molecular flexibility index (Phi) is 7.55. The van der Waals surface area contributed by atoms with Gasteiger partial charge < -0.3 is 19.7 Å². The maximum Gasteiger partial charge on any atom is 0.340 e. The Hall–Kier alpha value is -2.51. The number of methoxy groups -OCH3 is 1. The lowest BCUT2D eigenvalue weighted by Gasteiger charge is -2.29. The van der Waals surface area contributed by atoms with Gasteiger partial charge >= 0.3 is 5.97 Å². The Labute approximate surface area is 175 Å². The molecule has 154 valence electrons. The summed E-state index contributed by atoms with van der Waals surface area (Å²) in [5, 5.41) is 2.62. The summed E-state index contributed by atoms with van der Waals surface area (Å²) in [6.45, 7) is 4.70. The highest BCUT2D eigenvalue weighted by Crippen LogP contribution is 2.26. The van der Waals surface area contributed by atoms with Gasteiger partial charge in [-0.15, -0.1) is 11.8 Å². The van der Waals surface area contributed by atoms with Crippen molar-refractivity contribution in [1.29, 1.82) is 0 Å². The maximum atomic E-state index is 12.7. The molecule has 0 bridgehead atoms. The minimum atomic E-state index is -0.472. The second-order valence-electron chi connectivity index (χ2n) is 6.75. The minimum Gasteiger partial charge on any atom is -0.465 e.